The maximum Gasteiger partial charge on any atom is 0.0705 e. The van der Waals surface area contributed by atoms with Crippen molar-refractivity contribution in [1.82, 2.24) is 4.98 Å². The molecule has 1 nitrogen and oxygen atoms in total. The molecule has 2 aliphatic rings. The van der Waals surface area contributed by atoms with Crippen molar-refractivity contribution < 1.29 is 0 Å². The summed E-state index contributed by atoms with van der Waals surface area (Å²) < 4.78 is 0. The van der Waals surface area contributed by atoms with E-state index in [1.165, 1.54) is 74.0 Å². The summed E-state index contributed by atoms with van der Waals surface area (Å²) in [7, 11) is 0. The Balaban J connectivity index is 1.38. The normalized spacial score (nSPS) is 15.8. The van der Waals surface area contributed by atoms with E-state index in [-0.39, 0.29) is 0 Å². The number of allylic oxidation sites excluding steroid dienone is 4. The van der Waals surface area contributed by atoms with Crippen LogP contribution in [0.15, 0.2) is 128 Å². The molecule has 1 heteroatoms. The first kappa shape index (κ1) is 24.5. The Hall–Kier alpha value is -4.49. The molecule has 1 aromatic heterocycles. The van der Waals surface area contributed by atoms with Crippen molar-refractivity contribution in [3.05, 3.63) is 150 Å². The highest BCUT2D eigenvalue weighted by atomic mass is 14.7. The molecular formula is C39H33N. The molecule has 0 radical (unpaired) electrons. The van der Waals surface area contributed by atoms with Crippen molar-refractivity contribution >= 4 is 0 Å². The van der Waals surface area contributed by atoms with Crippen molar-refractivity contribution in [3.8, 4) is 44.6 Å². The Morgan fingerprint density at radius 3 is 1.77 bits per heavy atom. The third kappa shape index (κ3) is 4.73. The molecule has 0 aliphatic heterocycles. The number of aryl methyl sites for hydroxylation is 2. The first-order valence-electron chi connectivity index (χ1n) is 14.5. The maximum absolute atomic E-state index is 5.05. The van der Waals surface area contributed by atoms with Gasteiger partial charge in [-0.2, -0.15) is 0 Å². The number of pyridine rings is 1. The van der Waals surface area contributed by atoms with Crippen molar-refractivity contribution in [3.63, 3.8) is 0 Å². The van der Waals surface area contributed by atoms with E-state index >= 15 is 0 Å². The second-order valence-electron chi connectivity index (χ2n) is 10.9. The number of rotatable bonds is 1. The van der Waals surface area contributed by atoms with Crippen molar-refractivity contribution in [2.75, 3.05) is 0 Å². The minimum absolute atomic E-state index is 0.893. The zero-order valence-electron chi connectivity index (χ0n) is 22.8. The molecule has 194 valence electrons. The van der Waals surface area contributed by atoms with Gasteiger partial charge in [-0.3, -0.25) is 4.98 Å². The average Bonchev–Trinajstić information content (AvgIpc) is 3.00. The van der Waals surface area contributed by atoms with Crippen LogP contribution in [0.5, 0.6) is 0 Å². The molecule has 7 rings (SSSR count). The maximum atomic E-state index is 5.05. The number of hydrogen-bond acceptors (Lipinski definition) is 1. The van der Waals surface area contributed by atoms with Gasteiger partial charge in [-0.25, -0.2) is 0 Å². The molecule has 0 atom stereocenters. The Kier molecular flexibility index (Phi) is 6.71. The lowest BCUT2D eigenvalue weighted by Crippen LogP contribution is -2.02. The fourth-order valence-corrected chi connectivity index (χ4v) is 6.36. The van der Waals surface area contributed by atoms with Gasteiger partial charge in [-0.05, 0) is 101 Å². The predicted octanol–water partition coefficient (Wildman–Crippen LogP) is 9.84. The van der Waals surface area contributed by atoms with Gasteiger partial charge in [-0.1, -0.05) is 109 Å². The minimum Gasteiger partial charge on any atom is -0.256 e. The molecule has 0 spiro atoms. The summed E-state index contributed by atoms with van der Waals surface area (Å²) in [5, 5.41) is 0. The van der Waals surface area contributed by atoms with Gasteiger partial charge in [0.25, 0.3) is 0 Å². The molecule has 2 aliphatic carbocycles. The lowest BCUT2D eigenvalue weighted by atomic mass is 9.86. The molecule has 0 saturated heterocycles. The van der Waals surface area contributed by atoms with Crippen LogP contribution < -0.4 is 0 Å². The van der Waals surface area contributed by atoms with Gasteiger partial charge in [-0.15, -0.1) is 0 Å². The highest BCUT2D eigenvalue weighted by Gasteiger charge is 2.17. The molecular weight excluding hydrogens is 482 g/mol. The van der Waals surface area contributed by atoms with Crippen LogP contribution >= 0.6 is 0 Å². The second-order valence-corrected chi connectivity index (χ2v) is 10.9. The Morgan fingerprint density at radius 2 is 1.02 bits per heavy atom. The van der Waals surface area contributed by atoms with Gasteiger partial charge in [0.1, 0.15) is 0 Å². The second kappa shape index (κ2) is 10.9. The van der Waals surface area contributed by atoms with Gasteiger partial charge in [0.05, 0.1) is 5.69 Å². The van der Waals surface area contributed by atoms with Gasteiger partial charge in [0.15, 0.2) is 0 Å². The van der Waals surface area contributed by atoms with E-state index < -0.39 is 0 Å². The highest BCUT2D eigenvalue weighted by Crippen LogP contribution is 2.39. The minimum atomic E-state index is 0.893. The van der Waals surface area contributed by atoms with Crippen LogP contribution in [0.25, 0.3) is 44.6 Å². The van der Waals surface area contributed by atoms with Crippen molar-refractivity contribution in [1.29, 1.82) is 0 Å². The summed E-state index contributed by atoms with van der Waals surface area (Å²) in [5.74, 6) is 0. The first-order valence-corrected chi connectivity index (χ1v) is 14.5. The Bertz CT molecular complexity index is 1750. The number of nitrogens with zero attached hydrogens (tertiary/aromatic N) is 1. The van der Waals surface area contributed by atoms with Crippen LogP contribution in [-0.4, -0.2) is 4.98 Å². The average molecular weight is 516 g/mol. The van der Waals surface area contributed by atoms with Crippen LogP contribution in [0, 0.1) is 0 Å². The molecule has 1 heterocycles. The predicted molar refractivity (Wildman–Crippen MR) is 168 cm³/mol. The molecule has 40 heavy (non-hydrogen) atoms. The molecule has 0 unspecified atom stereocenters. The Labute approximate surface area is 237 Å². The quantitative estimate of drug-likeness (QED) is 0.216. The van der Waals surface area contributed by atoms with Crippen LogP contribution in [0.1, 0.15) is 35.1 Å². The van der Waals surface area contributed by atoms with Crippen LogP contribution in [-0.2, 0) is 25.7 Å². The van der Waals surface area contributed by atoms with E-state index in [4.69, 9.17) is 4.98 Å². The highest BCUT2D eigenvalue weighted by molar-refractivity contribution is 5.88. The summed E-state index contributed by atoms with van der Waals surface area (Å²) in [4.78, 5) is 5.05. The van der Waals surface area contributed by atoms with E-state index in [0.29, 0.717) is 0 Å². The SMILES string of the molecule is C1=C\Cc2ccccc2-c2ccccc2-c2cc(-c3cc4c(cn3)-c3ccccc3CCCC4)ccc2C\C=C/1. The van der Waals surface area contributed by atoms with Crippen molar-refractivity contribution in [2.24, 2.45) is 0 Å². The third-order valence-electron chi connectivity index (χ3n) is 8.43. The molecule has 5 aromatic rings. The molecule has 4 aromatic carbocycles. The van der Waals surface area contributed by atoms with Crippen molar-refractivity contribution in [2.45, 2.75) is 38.5 Å². The van der Waals surface area contributed by atoms with Gasteiger partial charge in [0, 0.05) is 17.3 Å². The van der Waals surface area contributed by atoms with Crippen LogP contribution in [0.4, 0.5) is 0 Å². The number of hydrogen-bond donors (Lipinski definition) is 0. The van der Waals surface area contributed by atoms with E-state index in [1.807, 2.05) is 0 Å². The Morgan fingerprint density at radius 1 is 0.450 bits per heavy atom. The lowest BCUT2D eigenvalue weighted by Gasteiger charge is -2.19. The fourth-order valence-electron chi connectivity index (χ4n) is 6.36. The first-order chi connectivity index (χ1) is 19.8. The van der Waals surface area contributed by atoms with Gasteiger partial charge >= 0.3 is 0 Å². The topological polar surface area (TPSA) is 12.9 Å². The molecule has 0 bridgehead atoms. The zero-order valence-corrected chi connectivity index (χ0v) is 22.8. The lowest BCUT2D eigenvalue weighted by molar-refractivity contribution is 0.729. The van der Waals surface area contributed by atoms with E-state index in [1.54, 1.807) is 0 Å². The largest absolute Gasteiger partial charge is 0.256 e. The summed E-state index contributed by atoms with van der Waals surface area (Å²) in [6.45, 7) is 0. The molecule has 0 amide bonds. The van der Waals surface area contributed by atoms with Crippen LogP contribution in [0.3, 0.4) is 0 Å². The van der Waals surface area contributed by atoms with E-state index in [0.717, 1.165) is 31.4 Å². The monoisotopic (exact) mass is 515 g/mol. The standard InChI is InChI=1S/C39H33N/c1-2-4-14-30-23-24-32(39-26-31-18-6-5-15-29-17-8-10-20-34(29)38(31)27-40-39)25-37(30)36-22-12-11-21-35(36)33-19-9-7-16-28(33)13-3-1/h1-4,7-12,16-17,19-27H,5-6,13-15,18H2/b3-1-,4-2-. The van der Waals surface area contributed by atoms with Gasteiger partial charge in [0.2, 0.25) is 0 Å². The number of aromatic nitrogens is 1. The third-order valence-corrected chi connectivity index (χ3v) is 8.43. The van der Waals surface area contributed by atoms with Gasteiger partial charge < -0.3 is 0 Å². The molecule has 0 N–H and O–H groups in total. The number of benzene rings is 4. The van der Waals surface area contributed by atoms with E-state index in [9.17, 15) is 0 Å². The molecule has 0 saturated carbocycles. The van der Waals surface area contributed by atoms with Crippen LogP contribution in [0.2, 0.25) is 0 Å². The summed E-state index contributed by atoms with van der Waals surface area (Å²) in [6.07, 6.45) is 17.5. The summed E-state index contributed by atoms with van der Waals surface area (Å²) in [5.41, 5.74) is 15.6. The smallest absolute Gasteiger partial charge is 0.0705 e. The fraction of sp³-hybridized carbons (Fsp3) is 0.154. The molecule has 0 fully saturated rings. The zero-order chi connectivity index (χ0) is 26.7. The van der Waals surface area contributed by atoms with E-state index in [2.05, 4.69) is 128 Å². The number of fused-ring (bicyclic) bond motifs is 8. The summed E-state index contributed by atoms with van der Waals surface area (Å²) >= 11 is 0. The summed E-state index contributed by atoms with van der Waals surface area (Å²) in [6, 6.07) is 35.9.